The monoisotopic (exact) mass is 374 g/mol. The highest BCUT2D eigenvalue weighted by atomic mass is 32.1. The Labute approximate surface area is 158 Å². The van der Waals surface area contributed by atoms with E-state index in [2.05, 4.69) is 10.2 Å². The van der Waals surface area contributed by atoms with Crippen LogP contribution >= 0.6 is 12.2 Å². The second-order valence-corrected chi connectivity index (χ2v) is 6.56. The van der Waals surface area contributed by atoms with Crippen molar-refractivity contribution in [3.8, 4) is 5.75 Å². The van der Waals surface area contributed by atoms with Gasteiger partial charge in [-0.15, -0.1) is 0 Å². The number of nitrogens with zero attached hydrogens (tertiary/aromatic N) is 1. The molecule has 1 saturated heterocycles. The van der Waals surface area contributed by atoms with Crippen molar-refractivity contribution in [3.63, 3.8) is 0 Å². The zero-order valence-electron chi connectivity index (χ0n) is 14.6. The molecule has 0 unspecified atom stereocenters. The lowest BCUT2D eigenvalue weighted by molar-refractivity contribution is 0.0389. The van der Waals surface area contributed by atoms with Gasteiger partial charge >= 0.3 is 0 Å². The van der Waals surface area contributed by atoms with Crippen molar-refractivity contribution in [3.05, 3.63) is 65.5 Å². The molecule has 6 heteroatoms. The molecule has 138 valence electrons. The minimum absolute atomic E-state index is 0.243. The van der Waals surface area contributed by atoms with Crippen molar-refractivity contribution in [2.24, 2.45) is 0 Å². The van der Waals surface area contributed by atoms with Gasteiger partial charge in [0, 0.05) is 31.7 Å². The van der Waals surface area contributed by atoms with Crippen LogP contribution < -0.4 is 10.1 Å². The maximum atomic E-state index is 12.9. The molecule has 1 aliphatic heterocycles. The van der Waals surface area contributed by atoms with Gasteiger partial charge < -0.3 is 14.8 Å². The number of thiocarbonyl (C=S) groups is 1. The number of rotatable bonds is 7. The van der Waals surface area contributed by atoms with Crippen molar-refractivity contribution >= 4 is 17.2 Å². The van der Waals surface area contributed by atoms with E-state index in [0.717, 1.165) is 61.3 Å². The van der Waals surface area contributed by atoms with E-state index in [-0.39, 0.29) is 5.82 Å². The van der Waals surface area contributed by atoms with Crippen LogP contribution in [0.2, 0.25) is 0 Å². The second-order valence-electron chi connectivity index (χ2n) is 6.15. The lowest BCUT2D eigenvalue weighted by Crippen LogP contribution is -2.41. The zero-order valence-corrected chi connectivity index (χ0v) is 15.4. The Hall–Kier alpha value is -2.02. The molecule has 2 aromatic carbocycles. The molecule has 1 fully saturated rings. The standard InChI is InChI=1S/C20H23FN2O2S/c21-18-5-1-16(2-6-18)15-25-19-7-3-17(4-8-19)20(26)22-9-10-23-11-13-24-14-12-23/h1-8H,9-15H2,(H,22,26). The number of benzene rings is 2. The smallest absolute Gasteiger partial charge is 0.123 e. The Morgan fingerprint density at radius 2 is 1.77 bits per heavy atom. The molecule has 2 aromatic rings. The molecule has 0 spiro atoms. The Morgan fingerprint density at radius 1 is 1.08 bits per heavy atom. The molecule has 0 amide bonds. The number of nitrogens with one attached hydrogen (secondary N) is 1. The van der Waals surface area contributed by atoms with Crippen LogP contribution in [0, 0.1) is 5.82 Å². The van der Waals surface area contributed by atoms with Gasteiger partial charge in [-0.05, 0) is 42.0 Å². The molecule has 0 radical (unpaired) electrons. The Morgan fingerprint density at radius 3 is 2.46 bits per heavy atom. The summed E-state index contributed by atoms with van der Waals surface area (Å²) in [6.07, 6.45) is 0. The number of halogens is 1. The van der Waals surface area contributed by atoms with Crippen LogP contribution in [0.25, 0.3) is 0 Å². The first-order chi connectivity index (χ1) is 12.7. The van der Waals surface area contributed by atoms with E-state index in [4.69, 9.17) is 21.7 Å². The summed E-state index contributed by atoms with van der Waals surface area (Å²) in [6, 6.07) is 14.0. The summed E-state index contributed by atoms with van der Waals surface area (Å²) in [4.78, 5) is 3.11. The lowest BCUT2D eigenvalue weighted by Gasteiger charge is -2.26. The van der Waals surface area contributed by atoms with Crippen molar-refractivity contribution in [1.29, 1.82) is 0 Å². The zero-order chi connectivity index (χ0) is 18.2. The predicted octanol–water partition coefficient (Wildman–Crippen LogP) is 3.00. The van der Waals surface area contributed by atoms with Gasteiger partial charge in [0.1, 0.15) is 23.2 Å². The third-order valence-electron chi connectivity index (χ3n) is 4.25. The number of ether oxygens (including phenoxy) is 2. The molecule has 0 aliphatic carbocycles. The number of hydrogen-bond acceptors (Lipinski definition) is 4. The van der Waals surface area contributed by atoms with E-state index in [0.29, 0.717) is 6.61 Å². The molecule has 3 rings (SSSR count). The average molecular weight is 374 g/mol. The summed E-state index contributed by atoms with van der Waals surface area (Å²) in [7, 11) is 0. The second kappa shape index (κ2) is 9.62. The van der Waals surface area contributed by atoms with Crippen molar-refractivity contribution < 1.29 is 13.9 Å². The lowest BCUT2D eigenvalue weighted by atomic mass is 10.2. The van der Waals surface area contributed by atoms with E-state index in [1.807, 2.05) is 24.3 Å². The maximum Gasteiger partial charge on any atom is 0.123 e. The number of hydrogen-bond donors (Lipinski definition) is 1. The Bertz CT molecular complexity index is 701. The van der Waals surface area contributed by atoms with E-state index in [1.165, 1.54) is 12.1 Å². The fourth-order valence-electron chi connectivity index (χ4n) is 2.70. The van der Waals surface area contributed by atoms with Gasteiger partial charge in [0.25, 0.3) is 0 Å². The highest BCUT2D eigenvalue weighted by molar-refractivity contribution is 7.80. The average Bonchev–Trinajstić information content (AvgIpc) is 2.69. The maximum absolute atomic E-state index is 12.9. The summed E-state index contributed by atoms with van der Waals surface area (Å²) in [5, 5.41) is 3.30. The van der Waals surface area contributed by atoms with Crippen LogP contribution in [-0.4, -0.2) is 49.3 Å². The molecule has 0 saturated carbocycles. The van der Waals surface area contributed by atoms with E-state index in [1.54, 1.807) is 12.1 Å². The summed E-state index contributed by atoms with van der Waals surface area (Å²) in [5.74, 6) is 0.516. The first-order valence-electron chi connectivity index (χ1n) is 8.76. The van der Waals surface area contributed by atoms with Gasteiger partial charge in [-0.1, -0.05) is 24.4 Å². The fraction of sp³-hybridized carbons (Fsp3) is 0.350. The Balaban J connectivity index is 1.42. The van der Waals surface area contributed by atoms with Crippen LogP contribution in [0.1, 0.15) is 11.1 Å². The molecule has 0 bridgehead atoms. The van der Waals surface area contributed by atoms with Gasteiger partial charge in [0.15, 0.2) is 0 Å². The fourth-order valence-corrected chi connectivity index (χ4v) is 2.94. The predicted molar refractivity (Wildman–Crippen MR) is 104 cm³/mol. The van der Waals surface area contributed by atoms with Crippen LogP contribution in [0.4, 0.5) is 4.39 Å². The normalized spacial score (nSPS) is 14.8. The van der Waals surface area contributed by atoms with Gasteiger partial charge in [-0.25, -0.2) is 4.39 Å². The van der Waals surface area contributed by atoms with Crippen LogP contribution in [-0.2, 0) is 11.3 Å². The van der Waals surface area contributed by atoms with Crippen LogP contribution in [0.3, 0.4) is 0 Å². The van der Waals surface area contributed by atoms with Crippen LogP contribution in [0.15, 0.2) is 48.5 Å². The number of morpholine rings is 1. The van der Waals surface area contributed by atoms with Gasteiger partial charge in [0.05, 0.1) is 13.2 Å². The van der Waals surface area contributed by atoms with E-state index >= 15 is 0 Å². The molecule has 0 atom stereocenters. The van der Waals surface area contributed by atoms with Crippen molar-refractivity contribution in [1.82, 2.24) is 10.2 Å². The molecule has 1 heterocycles. The first-order valence-corrected chi connectivity index (χ1v) is 9.17. The topological polar surface area (TPSA) is 33.7 Å². The third-order valence-corrected chi connectivity index (χ3v) is 4.63. The summed E-state index contributed by atoms with van der Waals surface area (Å²) >= 11 is 5.45. The van der Waals surface area contributed by atoms with Gasteiger partial charge in [0.2, 0.25) is 0 Å². The first kappa shape index (κ1) is 18.8. The molecule has 4 nitrogen and oxygen atoms in total. The molecule has 1 aliphatic rings. The third kappa shape index (κ3) is 5.76. The molecule has 0 aromatic heterocycles. The minimum Gasteiger partial charge on any atom is -0.489 e. The quantitative estimate of drug-likeness (QED) is 0.754. The Kier molecular flexibility index (Phi) is 6.94. The molecule has 26 heavy (non-hydrogen) atoms. The molecular weight excluding hydrogens is 351 g/mol. The van der Waals surface area contributed by atoms with Crippen molar-refractivity contribution in [2.75, 3.05) is 39.4 Å². The summed E-state index contributed by atoms with van der Waals surface area (Å²) in [6.45, 7) is 5.77. The van der Waals surface area contributed by atoms with Gasteiger partial charge in [-0.2, -0.15) is 0 Å². The van der Waals surface area contributed by atoms with Crippen LogP contribution in [0.5, 0.6) is 5.75 Å². The van der Waals surface area contributed by atoms with E-state index < -0.39 is 0 Å². The largest absolute Gasteiger partial charge is 0.489 e. The highest BCUT2D eigenvalue weighted by Gasteiger charge is 2.10. The van der Waals surface area contributed by atoms with Crippen molar-refractivity contribution in [2.45, 2.75) is 6.61 Å². The highest BCUT2D eigenvalue weighted by Crippen LogP contribution is 2.15. The summed E-state index contributed by atoms with van der Waals surface area (Å²) < 4.78 is 24.0. The SMILES string of the molecule is Fc1ccc(COc2ccc(C(=S)NCCN3CCOCC3)cc2)cc1. The van der Waals surface area contributed by atoms with Gasteiger partial charge in [-0.3, -0.25) is 4.90 Å². The van der Waals surface area contributed by atoms with E-state index in [9.17, 15) is 4.39 Å². The summed E-state index contributed by atoms with van der Waals surface area (Å²) in [5.41, 5.74) is 1.90. The minimum atomic E-state index is -0.243. The molecule has 1 N–H and O–H groups in total. The molecular formula is C20H23FN2O2S.